The molecule has 0 spiro atoms. The van der Waals surface area contributed by atoms with E-state index in [4.69, 9.17) is 9.47 Å². The van der Waals surface area contributed by atoms with Gasteiger partial charge in [-0.25, -0.2) is 9.59 Å². The van der Waals surface area contributed by atoms with Crippen molar-refractivity contribution in [3.8, 4) is 0 Å². The first-order chi connectivity index (χ1) is 10.3. The average molecular weight is 308 g/mol. The van der Waals surface area contributed by atoms with Gasteiger partial charge in [-0.3, -0.25) is 0 Å². The molecule has 0 aromatic heterocycles. The highest BCUT2D eigenvalue weighted by molar-refractivity contribution is 5.81. The highest BCUT2D eigenvalue weighted by atomic mass is 16.6. The van der Waals surface area contributed by atoms with Gasteiger partial charge in [-0.15, -0.1) is 0 Å². The molecule has 1 aromatic carbocycles. The van der Waals surface area contributed by atoms with Crippen LogP contribution in [0.2, 0.25) is 0 Å². The lowest BCUT2D eigenvalue weighted by Crippen LogP contribution is -2.49. The molecule has 0 heterocycles. The van der Waals surface area contributed by atoms with Crippen molar-refractivity contribution in [1.82, 2.24) is 10.6 Å². The number of rotatable bonds is 6. The third-order valence-corrected chi connectivity index (χ3v) is 2.60. The summed E-state index contributed by atoms with van der Waals surface area (Å²) >= 11 is 0. The summed E-state index contributed by atoms with van der Waals surface area (Å²) in [5.74, 6) is -0.501. The van der Waals surface area contributed by atoms with Crippen LogP contribution in [0.4, 0.5) is 4.79 Å². The molecule has 2 N–H and O–H groups in total. The summed E-state index contributed by atoms with van der Waals surface area (Å²) < 4.78 is 10.4. The van der Waals surface area contributed by atoms with Gasteiger partial charge in [0.05, 0.1) is 0 Å². The van der Waals surface area contributed by atoms with Crippen LogP contribution in [-0.4, -0.2) is 37.3 Å². The summed E-state index contributed by atoms with van der Waals surface area (Å²) in [7, 11) is 1.69. The van der Waals surface area contributed by atoms with Crippen molar-refractivity contribution in [1.29, 1.82) is 0 Å². The third kappa shape index (κ3) is 7.08. The molecule has 6 heteroatoms. The highest BCUT2D eigenvalue weighted by Crippen LogP contribution is 2.08. The largest absolute Gasteiger partial charge is 0.458 e. The van der Waals surface area contributed by atoms with Gasteiger partial charge in [0.1, 0.15) is 18.2 Å². The lowest BCUT2D eigenvalue weighted by atomic mass is 10.2. The van der Waals surface area contributed by atoms with Crippen molar-refractivity contribution in [2.45, 2.75) is 39.0 Å². The predicted molar refractivity (Wildman–Crippen MR) is 83.3 cm³/mol. The summed E-state index contributed by atoms with van der Waals surface area (Å²) in [6.45, 7) is 5.72. The SMILES string of the molecule is CNCC(NC(=O)OCc1ccccc1)C(=O)OC(C)(C)C. The highest BCUT2D eigenvalue weighted by Gasteiger charge is 2.26. The molecule has 0 saturated carbocycles. The molecular weight excluding hydrogens is 284 g/mol. The Bertz CT molecular complexity index is 483. The minimum Gasteiger partial charge on any atom is -0.458 e. The number of hydrogen-bond donors (Lipinski definition) is 2. The van der Waals surface area contributed by atoms with Gasteiger partial charge in [0.25, 0.3) is 0 Å². The fourth-order valence-electron chi connectivity index (χ4n) is 1.68. The number of alkyl carbamates (subject to hydrolysis) is 1. The molecule has 1 rings (SSSR count). The van der Waals surface area contributed by atoms with E-state index in [0.717, 1.165) is 5.56 Å². The van der Waals surface area contributed by atoms with Crippen molar-refractivity contribution in [2.24, 2.45) is 0 Å². The van der Waals surface area contributed by atoms with Crippen LogP contribution in [0.5, 0.6) is 0 Å². The fourth-order valence-corrected chi connectivity index (χ4v) is 1.68. The van der Waals surface area contributed by atoms with Crippen molar-refractivity contribution in [3.05, 3.63) is 35.9 Å². The minimum atomic E-state index is -0.799. The molecule has 0 aliphatic carbocycles. The maximum Gasteiger partial charge on any atom is 0.408 e. The number of carbonyl (C=O) groups is 2. The monoisotopic (exact) mass is 308 g/mol. The Balaban J connectivity index is 2.51. The van der Waals surface area contributed by atoms with Gasteiger partial charge in [0.15, 0.2) is 0 Å². The first-order valence-corrected chi connectivity index (χ1v) is 7.16. The molecule has 0 fully saturated rings. The zero-order valence-corrected chi connectivity index (χ0v) is 13.5. The van der Waals surface area contributed by atoms with E-state index in [1.54, 1.807) is 27.8 Å². The first-order valence-electron chi connectivity index (χ1n) is 7.16. The quantitative estimate of drug-likeness (QED) is 0.784. The number of nitrogens with one attached hydrogen (secondary N) is 2. The van der Waals surface area contributed by atoms with Crippen LogP contribution in [0.25, 0.3) is 0 Å². The van der Waals surface area contributed by atoms with Crippen molar-refractivity contribution >= 4 is 12.1 Å². The van der Waals surface area contributed by atoms with E-state index in [9.17, 15) is 9.59 Å². The minimum absolute atomic E-state index is 0.146. The number of hydrogen-bond acceptors (Lipinski definition) is 5. The number of carbonyl (C=O) groups excluding carboxylic acids is 2. The summed E-state index contributed by atoms with van der Waals surface area (Å²) in [5, 5.41) is 5.35. The zero-order chi connectivity index (χ0) is 16.6. The molecule has 0 saturated heterocycles. The zero-order valence-electron chi connectivity index (χ0n) is 13.5. The van der Waals surface area contributed by atoms with E-state index in [0.29, 0.717) is 0 Å². The van der Waals surface area contributed by atoms with Crippen LogP contribution in [0, 0.1) is 0 Å². The third-order valence-electron chi connectivity index (χ3n) is 2.60. The van der Waals surface area contributed by atoms with Gasteiger partial charge in [0, 0.05) is 6.54 Å². The normalized spacial score (nSPS) is 12.4. The second kappa shape index (κ2) is 8.38. The van der Waals surface area contributed by atoms with E-state index in [1.807, 2.05) is 30.3 Å². The molecule has 6 nitrogen and oxygen atoms in total. The van der Waals surface area contributed by atoms with E-state index in [2.05, 4.69) is 10.6 Å². The van der Waals surface area contributed by atoms with Crippen LogP contribution >= 0.6 is 0 Å². The molecule has 0 aliphatic rings. The first kappa shape index (κ1) is 18.0. The van der Waals surface area contributed by atoms with E-state index in [1.165, 1.54) is 0 Å². The van der Waals surface area contributed by atoms with Gasteiger partial charge < -0.3 is 20.1 Å². The Hall–Kier alpha value is -2.08. The molecule has 0 aliphatic heterocycles. The van der Waals surface area contributed by atoms with Gasteiger partial charge >= 0.3 is 12.1 Å². The van der Waals surface area contributed by atoms with Crippen LogP contribution in [0.15, 0.2) is 30.3 Å². The second-order valence-corrected chi connectivity index (χ2v) is 5.85. The summed E-state index contributed by atoms with van der Waals surface area (Å²) in [6, 6.07) is 8.52. The van der Waals surface area contributed by atoms with E-state index < -0.39 is 23.7 Å². The Kier molecular flexibility index (Phi) is 6.85. The summed E-state index contributed by atoms with van der Waals surface area (Å²) in [6.07, 6.45) is -0.657. The van der Waals surface area contributed by atoms with Gasteiger partial charge in [0.2, 0.25) is 0 Å². The maximum absolute atomic E-state index is 12.0. The second-order valence-electron chi connectivity index (χ2n) is 5.85. The molecule has 0 bridgehead atoms. The number of likely N-dealkylation sites (N-methyl/N-ethyl adjacent to an activating group) is 1. The Morgan fingerprint density at radius 2 is 1.82 bits per heavy atom. The average Bonchev–Trinajstić information content (AvgIpc) is 2.44. The molecule has 1 aromatic rings. The number of ether oxygens (including phenoxy) is 2. The Labute approximate surface area is 131 Å². The molecule has 122 valence electrons. The number of benzene rings is 1. The molecule has 22 heavy (non-hydrogen) atoms. The van der Waals surface area contributed by atoms with E-state index in [-0.39, 0.29) is 13.2 Å². The maximum atomic E-state index is 12.0. The van der Waals surface area contributed by atoms with Crippen LogP contribution < -0.4 is 10.6 Å². The molecule has 1 unspecified atom stereocenters. The summed E-state index contributed by atoms with van der Waals surface area (Å²) in [5.41, 5.74) is 0.263. The fraction of sp³-hybridized carbons (Fsp3) is 0.500. The summed E-state index contributed by atoms with van der Waals surface area (Å²) in [4.78, 5) is 23.8. The van der Waals surface area contributed by atoms with Crippen molar-refractivity contribution < 1.29 is 19.1 Å². The van der Waals surface area contributed by atoms with Crippen LogP contribution in [0.3, 0.4) is 0 Å². The van der Waals surface area contributed by atoms with Crippen molar-refractivity contribution in [3.63, 3.8) is 0 Å². The van der Waals surface area contributed by atoms with Gasteiger partial charge in [-0.05, 0) is 33.4 Å². The van der Waals surface area contributed by atoms with Crippen LogP contribution in [-0.2, 0) is 20.9 Å². The number of amides is 1. The predicted octanol–water partition coefficient (Wildman–Crippen LogP) is 1.84. The van der Waals surface area contributed by atoms with Crippen LogP contribution in [0.1, 0.15) is 26.3 Å². The van der Waals surface area contributed by atoms with Crippen molar-refractivity contribution in [2.75, 3.05) is 13.6 Å². The number of esters is 1. The van der Waals surface area contributed by atoms with Gasteiger partial charge in [-0.2, -0.15) is 0 Å². The van der Waals surface area contributed by atoms with E-state index >= 15 is 0 Å². The lowest BCUT2D eigenvalue weighted by molar-refractivity contribution is -0.157. The smallest absolute Gasteiger partial charge is 0.408 e. The topological polar surface area (TPSA) is 76.7 Å². The Morgan fingerprint density at radius 3 is 2.36 bits per heavy atom. The molecular formula is C16H24N2O4. The molecule has 1 amide bonds. The molecule has 0 radical (unpaired) electrons. The molecule has 1 atom stereocenters. The standard InChI is InChI=1S/C16H24N2O4/c1-16(2,3)22-14(19)13(10-17-4)18-15(20)21-11-12-8-6-5-7-9-12/h5-9,13,17H,10-11H2,1-4H3,(H,18,20). The lowest BCUT2D eigenvalue weighted by Gasteiger charge is -2.24. The Morgan fingerprint density at radius 1 is 1.18 bits per heavy atom. The van der Waals surface area contributed by atoms with Gasteiger partial charge in [-0.1, -0.05) is 30.3 Å².